The average molecular weight is 336 g/mol. The van der Waals surface area contributed by atoms with Gasteiger partial charge in [0, 0.05) is 18.2 Å². The van der Waals surface area contributed by atoms with Gasteiger partial charge in [0.25, 0.3) is 0 Å². The van der Waals surface area contributed by atoms with Crippen LogP contribution in [0.15, 0.2) is 53.0 Å². The van der Waals surface area contributed by atoms with E-state index in [9.17, 15) is 10.2 Å². The van der Waals surface area contributed by atoms with E-state index in [1.165, 1.54) is 5.56 Å². The number of nitrogens with one attached hydrogen (secondary N) is 1. The normalized spacial score (nSPS) is 12.3. The van der Waals surface area contributed by atoms with Crippen molar-refractivity contribution in [3.63, 3.8) is 0 Å². The third-order valence-electron chi connectivity index (χ3n) is 3.20. The highest BCUT2D eigenvalue weighted by molar-refractivity contribution is 9.10. The molecule has 2 aromatic carbocycles. The lowest BCUT2D eigenvalue weighted by atomic mass is 10.1. The number of benzene rings is 2. The summed E-state index contributed by atoms with van der Waals surface area (Å²) in [6.45, 7) is 0.576. The average Bonchev–Trinajstić information content (AvgIpc) is 2.48. The zero-order chi connectivity index (χ0) is 14.4. The standard InChI is InChI=1S/C16H18BrNO2/c17-15-8-4-7-13(16(15)20)10-18-14(11-19)9-12-5-2-1-3-6-12/h1-8,14,18-20H,9-11H2. The molecule has 20 heavy (non-hydrogen) atoms. The fourth-order valence-corrected chi connectivity index (χ4v) is 2.46. The molecule has 0 bridgehead atoms. The Labute approximate surface area is 127 Å². The molecule has 1 atom stereocenters. The minimum Gasteiger partial charge on any atom is -0.506 e. The molecule has 0 saturated heterocycles. The first-order valence-electron chi connectivity index (χ1n) is 6.55. The van der Waals surface area contributed by atoms with Crippen molar-refractivity contribution < 1.29 is 10.2 Å². The summed E-state index contributed by atoms with van der Waals surface area (Å²) in [6, 6.07) is 15.6. The van der Waals surface area contributed by atoms with Crippen molar-refractivity contribution in [2.24, 2.45) is 0 Å². The second-order valence-corrected chi connectivity index (χ2v) is 5.55. The summed E-state index contributed by atoms with van der Waals surface area (Å²) in [5, 5.41) is 22.6. The van der Waals surface area contributed by atoms with Crippen molar-refractivity contribution in [2.75, 3.05) is 6.61 Å². The molecular formula is C16H18BrNO2. The Balaban J connectivity index is 1.95. The molecule has 0 aliphatic rings. The molecule has 0 heterocycles. The molecule has 1 unspecified atom stereocenters. The van der Waals surface area contributed by atoms with E-state index in [0.717, 1.165) is 12.0 Å². The first-order valence-corrected chi connectivity index (χ1v) is 7.34. The predicted molar refractivity (Wildman–Crippen MR) is 83.7 cm³/mol. The Hall–Kier alpha value is -1.36. The van der Waals surface area contributed by atoms with Crippen LogP contribution in [0, 0.1) is 0 Å². The lowest BCUT2D eigenvalue weighted by Crippen LogP contribution is -2.34. The summed E-state index contributed by atoms with van der Waals surface area (Å²) in [5.74, 6) is 0.247. The van der Waals surface area contributed by atoms with Crippen LogP contribution in [0.5, 0.6) is 5.75 Å². The lowest BCUT2D eigenvalue weighted by molar-refractivity contribution is 0.240. The fraction of sp³-hybridized carbons (Fsp3) is 0.250. The fourth-order valence-electron chi connectivity index (χ4n) is 2.06. The van der Waals surface area contributed by atoms with Crippen LogP contribution in [0.2, 0.25) is 0 Å². The van der Waals surface area contributed by atoms with Gasteiger partial charge in [-0.2, -0.15) is 0 Å². The molecule has 0 aromatic heterocycles. The van der Waals surface area contributed by atoms with Gasteiger partial charge in [0.15, 0.2) is 0 Å². The molecular weight excluding hydrogens is 318 g/mol. The van der Waals surface area contributed by atoms with Gasteiger partial charge in [-0.25, -0.2) is 0 Å². The first kappa shape index (κ1) is 15.0. The van der Waals surface area contributed by atoms with Crippen LogP contribution in [0.25, 0.3) is 0 Å². The third kappa shape index (κ3) is 4.07. The smallest absolute Gasteiger partial charge is 0.134 e. The number of phenolic OH excluding ortho intramolecular Hbond substituents is 1. The van der Waals surface area contributed by atoms with E-state index in [-0.39, 0.29) is 18.4 Å². The SMILES string of the molecule is OCC(Cc1ccccc1)NCc1cccc(Br)c1O. The number of para-hydroxylation sites is 1. The minimum atomic E-state index is -0.0317. The number of hydrogen-bond donors (Lipinski definition) is 3. The second kappa shape index (κ2) is 7.43. The highest BCUT2D eigenvalue weighted by Gasteiger charge is 2.10. The van der Waals surface area contributed by atoms with Crippen LogP contribution in [-0.2, 0) is 13.0 Å². The highest BCUT2D eigenvalue weighted by Crippen LogP contribution is 2.27. The van der Waals surface area contributed by atoms with Gasteiger partial charge in [0.05, 0.1) is 11.1 Å². The van der Waals surface area contributed by atoms with Crippen molar-refractivity contribution in [1.29, 1.82) is 0 Å². The number of halogens is 1. The maximum atomic E-state index is 9.92. The van der Waals surface area contributed by atoms with E-state index in [2.05, 4.69) is 21.2 Å². The van der Waals surface area contributed by atoms with Gasteiger partial charge in [-0.05, 0) is 34.0 Å². The van der Waals surface area contributed by atoms with Crippen LogP contribution in [0.3, 0.4) is 0 Å². The van der Waals surface area contributed by atoms with Gasteiger partial charge >= 0.3 is 0 Å². The molecule has 2 rings (SSSR count). The quantitative estimate of drug-likeness (QED) is 0.760. The van der Waals surface area contributed by atoms with Crippen LogP contribution in [-0.4, -0.2) is 22.9 Å². The Morgan fingerprint density at radius 2 is 1.80 bits per heavy atom. The van der Waals surface area contributed by atoms with Crippen LogP contribution >= 0.6 is 15.9 Å². The number of hydrogen-bond acceptors (Lipinski definition) is 3. The van der Waals surface area contributed by atoms with E-state index in [4.69, 9.17) is 0 Å². The zero-order valence-corrected chi connectivity index (χ0v) is 12.7. The molecule has 4 heteroatoms. The van der Waals surface area contributed by atoms with Gasteiger partial charge in [0.2, 0.25) is 0 Å². The monoisotopic (exact) mass is 335 g/mol. The molecule has 0 saturated carbocycles. The molecule has 0 aliphatic carbocycles. The largest absolute Gasteiger partial charge is 0.506 e. The summed E-state index contributed by atoms with van der Waals surface area (Å²) >= 11 is 3.30. The number of rotatable bonds is 6. The number of phenols is 1. The topological polar surface area (TPSA) is 52.5 Å². The lowest BCUT2D eigenvalue weighted by Gasteiger charge is -2.17. The zero-order valence-electron chi connectivity index (χ0n) is 11.1. The molecule has 0 spiro atoms. The second-order valence-electron chi connectivity index (χ2n) is 4.70. The number of aliphatic hydroxyl groups excluding tert-OH is 1. The molecule has 0 radical (unpaired) electrons. The third-order valence-corrected chi connectivity index (χ3v) is 3.84. The van der Waals surface area contributed by atoms with Gasteiger partial charge in [-0.1, -0.05) is 42.5 Å². The van der Waals surface area contributed by atoms with Crippen molar-refractivity contribution >= 4 is 15.9 Å². The minimum absolute atomic E-state index is 0.0317. The van der Waals surface area contributed by atoms with Gasteiger partial charge < -0.3 is 15.5 Å². The first-order chi connectivity index (χ1) is 9.70. The summed E-state index contributed by atoms with van der Waals surface area (Å²) < 4.78 is 0.681. The maximum Gasteiger partial charge on any atom is 0.134 e. The summed E-state index contributed by atoms with van der Waals surface area (Å²) in [6.07, 6.45) is 0.756. The molecule has 3 N–H and O–H groups in total. The van der Waals surface area contributed by atoms with Gasteiger partial charge in [-0.15, -0.1) is 0 Å². The van der Waals surface area contributed by atoms with Crippen molar-refractivity contribution in [1.82, 2.24) is 5.32 Å². The summed E-state index contributed by atoms with van der Waals surface area (Å²) in [5.41, 5.74) is 1.99. The summed E-state index contributed by atoms with van der Waals surface area (Å²) in [4.78, 5) is 0. The number of aromatic hydroxyl groups is 1. The van der Waals surface area contributed by atoms with Crippen LogP contribution < -0.4 is 5.32 Å². The Morgan fingerprint density at radius 1 is 1.05 bits per heavy atom. The van der Waals surface area contributed by atoms with E-state index in [0.29, 0.717) is 11.0 Å². The van der Waals surface area contributed by atoms with Gasteiger partial charge in [-0.3, -0.25) is 0 Å². The van der Waals surface area contributed by atoms with Gasteiger partial charge in [0.1, 0.15) is 5.75 Å². The summed E-state index contributed by atoms with van der Waals surface area (Å²) in [7, 11) is 0. The van der Waals surface area contributed by atoms with E-state index >= 15 is 0 Å². The molecule has 106 valence electrons. The Kier molecular flexibility index (Phi) is 5.59. The Morgan fingerprint density at radius 3 is 2.50 bits per heavy atom. The van der Waals surface area contributed by atoms with Crippen molar-refractivity contribution in [3.05, 3.63) is 64.1 Å². The van der Waals surface area contributed by atoms with Crippen LogP contribution in [0.1, 0.15) is 11.1 Å². The highest BCUT2D eigenvalue weighted by atomic mass is 79.9. The molecule has 0 amide bonds. The van der Waals surface area contributed by atoms with Crippen molar-refractivity contribution in [3.8, 4) is 5.75 Å². The predicted octanol–water partition coefficient (Wildman–Crippen LogP) is 2.85. The Bertz CT molecular complexity index is 545. The van der Waals surface area contributed by atoms with E-state index < -0.39 is 0 Å². The van der Waals surface area contributed by atoms with Crippen LogP contribution in [0.4, 0.5) is 0 Å². The maximum absolute atomic E-state index is 9.92. The van der Waals surface area contributed by atoms with E-state index in [1.807, 2.05) is 42.5 Å². The molecule has 3 nitrogen and oxygen atoms in total. The molecule has 2 aromatic rings. The number of aliphatic hydroxyl groups is 1. The molecule has 0 aliphatic heterocycles. The van der Waals surface area contributed by atoms with E-state index in [1.54, 1.807) is 6.07 Å². The molecule has 0 fully saturated rings. The van der Waals surface area contributed by atoms with Crippen molar-refractivity contribution in [2.45, 2.75) is 19.0 Å².